The second-order valence-electron chi connectivity index (χ2n) is 2.08. The summed E-state index contributed by atoms with van der Waals surface area (Å²) in [6.07, 6.45) is 0. The maximum Gasteiger partial charge on any atom is 0.141 e. The predicted octanol–water partition coefficient (Wildman–Crippen LogP) is 2.83. The van der Waals surface area contributed by atoms with Crippen LogP contribution in [-0.4, -0.2) is 0 Å². The molecule has 0 saturated carbocycles. The van der Waals surface area contributed by atoms with Gasteiger partial charge in [-0.15, -0.1) is 0 Å². The molecule has 4 heteroatoms. The molecule has 0 saturated heterocycles. The molecule has 0 fully saturated rings. The first-order valence-electron chi connectivity index (χ1n) is 2.96. The Kier molecular flexibility index (Phi) is 2.87. The molecule has 0 aliphatic rings. The molecule has 1 aromatic rings. The van der Waals surface area contributed by atoms with Crippen molar-refractivity contribution < 1.29 is 4.39 Å². The van der Waals surface area contributed by atoms with Gasteiger partial charge in [0.05, 0.1) is 9.97 Å². The van der Waals surface area contributed by atoms with Crippen LogP contribution < -0.4 is 5.73 Å². The van der Waals surface area contributed by atoms with Gasteiger partial charge in [0.2, 0.25) is 0 Å². The van der Waals surface area contributed by atoms with Gasteiger partial charge in [0.25, 0.3) is 0 Å². The van der Waals surface area contributed by atoms with Crippen LogP contribution in [0.15, 0.2) is 18.2 Å². The summed E-state index contributed by atoms with van der Waals surface area (Å²) in [6.45, 7) is 0. The number of hydrogen-bond donors (Lipinski definition) is 1. The fraction of sp³-hybridized carbons (Fsp3) is 0.143. The molecule has 0 aliphatic heterocycles. The number of hydrogen-bond acceptors (Lipinski definition) is 1. The highest BCUT2D eigenvalue weighted by Crippen LogP contribution is 2.22. The lowest BCUT2D eigenvalue weighted by Gasteiger charge is -2.03. The molecular formula is C7H6BrClFN. The Bertz CT molecular complexity index is 265. The Balaban J connectivity index is 3.05. The minimum absolute atomic E-state index is 0.0948. The van der Waals surface area contributed by atoms with Gasteiger partial charge in [0.1, 0.15) is 5.82 Å². The highest BCUT2D eigenvalue weighted by Gasteiger charge is 2.04. The molecule has 1 unspecified atom stereocenters. The normalized spacial score (nSPS) is 13.1. The lowest BCUT2D eigenvalue weighted by molar-refractivity contribution is 0.627. The van der Waals surface area contributed by atoms with Gasteiger partial charge < -0.3 is 5.73 Å². The molecule has 2 N–H and O–H groups in total. The minimum atomic E-state index is -0.427. The Hall–Kier alpha value is -0.120. The molecule has 60 valence electrons. The SMILES string of the molecule is NC(Br)c1ccc(F)c(Cl)c1. The van der Waals surface area contributed by atoms with Gasteiger partial charge in [0.15, 0.2) is 0 Å². The molecule has 0 aliphatic carbocycles. The Morgan fingerprint density at radius 2 is 2.18 bits per heavy atom. The van der Waals surface area contributed by atoms with Crippen LogP contribution in [0.25, 0.3) is 0 Å². The first kappa shape index (κ1) is 8.97. The van der Waals surface area contributed by atoms with Crippen molar-refractivity contribution in [3.8, 4) is 0 Å². The molecule has 0 bridgehead atoms. The van der Waals surface area contributed by atoms with Gasteiger partial charge in [-0.3, -0.25) is 0 Å². The minimum Gasteiger partial charge on any atom is -0.315 e. The van der Waals surface area contributed by atoms with Crippen molar-refractivity contribution in [2.45, 2.75) is 4.95 Å². The van der Waals surface area contributed by atoms with Gasteiger partial charge >= 0.3 is 0 Å². The number of alkyl halides is 1. The lowest BCUT2D eigenvalue weighted by Crippen LogP contribution is -2.01. The van der Waals surface area contributed by atoms with Gasteiger partial charge in [0, 0.05) is 0 Å². The Morgan fingerprint density at radius 1 is 1.55 bits per heavy atom. The monoisotopic (exact) mass is 237 g/mol. The average Bonchev–Trinajstić information content (AvgIpc) is 1.94. The van der Waals surface area contributed by atoms with Crippen molar-refractivity contribution in [3.05, 3.63) is 34.6 Å². The van der Waals surface area contributed by atoms with Crippen LogP contribution in [-0.2, 0) is 0 Å². The van der Waals surface area contributed by atoms with Crippen LogP contribution >= 0.6 is 27.5 Å². The highest BCUT2D eigenvalue weighted by atomic mass is 79.9. The van der Waals surface area contributed by atoms with E-state index in [4.69, 9.17) is 17.3 Å². The first-order valence-corrected chi connectivity index (χ1v) is 4.25. The maximum atomic E-state index is 12.6. The van der Waals surface area contributed by atoms with Crippen molar-refractivity contribution in [1.29, 1.82) is 0 Å². The molecule has 0 aromatic heterocycles. The average molecular weight is 238 g/mol. The van der Waals surface area contributed by atoms with E-state index in [1.807, 2.05) is 0 Å². The van der Waals surface area contributed by atoms with Gasteiger partial charge in [-0.1, -0.05) is 33.6 Å². The maximum absolute atomic E-state index is 12.6. The first-order chi connectivity index (χ1) is 5.11. The van der Waals surface area contributed by atoms with Crippen LogP contribution in [0.2, 0.25) is 5.02 Å². The molecule has 1 aromatic carbocycles. The van der Waals surface area contributed by atoms with Gasteiger partial charge in [-0.05, 0) is 17.7 Å². The van der Waals surface area contributed by atoms with E-state index < -0.39 is 5.82 Å². The van der Waals surface area contributed by atoms with E-state index in [1.54, 1.807) is 6.07 Å². The number of nitrogens with two attached hydrogens (primary N) is 1. The fourth-order valence-electron chi connectivity index (χ4n) is 0.684. The lowest BCUT2D eigenvalue weighted by atomic mass is 10.2. The van der Waals surface area contributed by atoms with E-state index in [2.05, 4.69) is 15.9 Å². The Morgan fingerprint density at radius 3 is 2.64 bits per heavy atom. The summed E-state index contributed by atoms with van der Waals surface area (Å²) in [5, 5.41) is 0.0948. The number of halogens is 3. The smallest absolute Gasteiger partial charge is 0.141 e. The quantitative estimate of drug-likeness (QED) is 0.591. The molecule has 1 atom stereocenters. The molecule has 0 amide bonds. The molecule has 1 rings (SSSR count). The van der Waals surface area contributed by atoms with Crippen LogP contribution in [0.1, 0.15) is 10.5 Å². The summed E-state index contributed by atoms with van der Waals surface area (Å²) in [6, 6.07) is 4.37. The second kappa shape index (κ2) is 3.52. The molecule has 0 radical (unpaired) electrons. The molecule has 1 nitrogen and oxygen atoms in total. The summed E-state index contributed by atoms with van der Waals surface area (Å²) < 4.78 is 12.6. The number of benzene rings is 1. The van der Waals surface area contributed by atoms with Crippen molar-refractivity contribution >= 4 is 27.5 Å². The molecule has 0 heterocycles. The van der Waals surface area contributed by atoms with Crippen molar-refractivity contribution in [2.24, 2.45) is 5.73 Å². The molecular weight excluding hydrogens is 232 g/mol. The topological polar surface area (TPSA) is 26.0 Å². The van der Waals surface area contributed by atoms with E-state index in [9.17, 15) is 4.39 Å². The third-order valence-corrected chi connectivity index (χ3v) is 2.08. The summed E-state index contributed by atoms with van der Waals surface area (Å²) in [5.74, 6) is -0.427. The van der Waals surface area contributed by atoms with Crippen molar-refractivity contribution in [3.63, 3.8) is 0 Å². The van der Waals surface area contributed by atoms with Crippen LogP contribution in [0.5, 0.6) is 0 Å². The van der Waals surface area contributed by atoms with Gasteiger partial charge in [-0.25, -0.2) is 4.39 Å². The molecule has 0 spiro atoms. The Labute approximate surface area is 77.5 Å². The zero-order valence-corrected chi connectivity index (χ0v) is 7.86. The van der Waals surface area contributed by atoms with E-state index in [0.717, 1.165) is 5.56 Å². The van der Waals surface area contributed by atoms with Gasteiger partial charge in [-0.2, -0.15) is 0 Å². The van der Waals surface area contributed by atoms with E-state index in [-0.39, 0.29) is 9.97 Å². The summed E-state index contributed by atoms with van der Waals surface area (Å²) >= 11 is 8.64. The number of rotatable bonds is 1. The third-order valence-electron chi connectivity index (χ3n) is 1.26. The molecule has 11 heavy (non-hydrogen) atoms. The predicted molar refractivity (Wildman–Crippen MR) is 47.3 cm³/mol. The van der Waals surface area contributed by atoms with Crippen molar-refractivity contribution in [1.82, 2.24) is 0 Å². The fourth-order valence-corrected chi connectivity index (χ4v) is 1.16. The largest absolute Gasteiger partial charge is 0.315 e. The van der Waals surface area contributed by atoms with Crippen LogP contribution in [0, 0.1) is 5.82 Å². The van der Waals surface area contributed by atoms with E-state index >= 15 is 0 Å². The van der Waals surface area contributed by atoms with E-state index in [0.29, 0.717) is 0 Å². The van der Waals surface area contributed by atoms with E-state index in [1.165, 1.54) is 12.1 Å². The summed E-state index contributed by atoms with van der Waals surface area (Å²) in [4.78, 5) is -0.291. The second-order valence-corrected chi connectivity index (χ2v) is 3.47. The standard InChI is InChI=1S/C7H6BrClFN/c8-7(11)4-1-2-6(10)5(9)3-4/h1-3,7H,11H2. The van der Waals surface area contributed by atoms with Crippen LogP contribution in [0.3, 0.4) is 0 Å². The summed E-state index contributed by atoms with van der Waals surface area (Å²) in [5.41, 5.74) is 6.23. The third kappa shape index (κ3) is 2.15. The highest BCUT2D eigenvalue weighted by molar-refractivity contribution is 9.09. The summed E-state index contributed by atoms with van der Waals surface area (Å²) in [7, 11) is 0. The van der Waals surface area contributed by atoms with Crippen molar-refractivity contribution in [2.75, 3.05) is 0 Å². The van der Waals surface area contributed by atoms with Crippen LogP contribution in [0.4, 0.5) is 4.39 Å². The zero-order chi connectivity index (χ0) is 8.43. The zero-order valence-electron chi connectivity index (χ0n) is 5.52.